The molecule has 0 aliphatic heterocycles. The fourth-order valence-electron chi connectivity index (χ4n) is 2.15. The highest BCUT2D eigenvalue weighted by molar-refractivity contribution is 5.90. The molecule has 0 bridgehead atoms. The lowest BCUT2D eigenvalue weighted by Crippen LogP contribution is -2.45. The molecule has 2 N–H and O–H groups in total. The van der Waals surface area contributed by atoms with Crippen molar-refractivity contribution in [3.8, 4) is 0 Å². The van der Waals surface area contributed by atoms with Gasteiger partial charge in [-0.1, -0.05) is 42.0 Å². The SMILES string of the molecule is CNNC(=O)C(C)(C)c1ccc2cc(C)ccc2c1. The quantitative estimate of drug-likeness (QED) is 0.829. The molecular formula is C16H20N2O. The fraction of sp³-hybridized carbons (Fsp3) is 0.312. The van der Waals surface area contributed by atoms with Crippen molar-refractivity contribution in [2.45, 2.75) is 26.2 Å². The third kappa shape index (κ3) is 2.61. The number of carbonyl (C=O) groups is 1. The molecule has 3 heteroatoms. The first-order valence-electron chi connectivity index (χ1n) is 6.43. The van der Waals surface area contributed by atoms with Gasteiger partial charge in [-0.05, 0) is 37.1 Å². The van der Waals surface area contributed by atoms with Crippen LogP contribution in [0.4, 0.5) is 0 Å². The van der Waals surface area contributed by atoms with Crippen LogP contribution in [0.3, 0.4) is 0 Å². The van der Waals surface area contributed by atoms with Crippen molar-refractivity contribution in [2.24, 2.45) is 0 Å². The molecule has 0 unspecified atom stereocenters. The lowest BCUT2D eigenvalue weighted by atomic mass is 9.83. The number of hydrogen-bond acceptors (Lipinski definition) is 2. The van der Waals surface area contributed by atoms with Crippen molar-refractivity contribution in [3.05, 3.63) is 47.5 Å². The Labute approximate surface area is 114 Å². The smallest absolute Gasteiger partial charge is 0.244 e. The predicted octanol–water partition coefficient (Wildman–Crippen LogP) is 2.68. The molecule has 2 rings (SSSR count). The first kappa shape index (κ1) is 13.6. The van der Waals surface area contributed by atoms with Gasteiger partial charge in [0, 0.05) is 7.05 Å². The first-order valence-corrected chi connectivity index (χ1v) is 6.43. The van der Waals surface area contributed by atoms with Gasteiger partial charge in [-0.2, -0.15) is 0 Å². The Morgan fingerprint density at radius 1 is 1.05 bits per heavy atom. The van der Waals surface area contributed by atoms with Crippen LogP contribution in [0, 0.1) is 6.92 Å². The summed E-state index contributed by atoms with van der Waals surface area (Å²) < 4.78 is 0. The Morgan fingerprint density at radius 3 is 2.37 bits per heavy atom. The summed E-state index contributed by atoms with van der Waals surface area (Å²) in [6.45, 7) is 5.93. The normalized spacial score (nSPS) is 11.6. The Morgan fingerprint density at radius 2 is 1.68 bits per heavy atom. The molecule has 1 amide bonds. The van der Waals surface area contributed by atoms with E-state index in [4.69, 9.17) is 0 Å². The third-order valence-corrected chi connectivity index (χ3v) is 3.52. The van der Waals surface area contributed by atoms with Crippen LogP contribution in [0.15, 0.2) is 36.4 Å². The summed E-state index contributed by atoms with van der Waals surface area (Å²) in [5, 5.41) is 2.36. The minimum Gasteiger partial charge on any atom is -0.291 e. The summed E-state index contributed by atoms with van der Waals surface area (Å²) in [5.41, 5.74) is 7.03. The van der Waals surface area contributed by atoms with Gasteiger partial charge in [-0.15, -0.1) is 0 Å². The van der Waals surface area contributed by atoms with Crippen molar-refractivity contribution in [3.63, 3.8) is 0 Å². The average Bonchev–Trinajstić information content (AvgIpc) is 2.38. The summed E-state index contributed by atoms with van der Waals surface area (Å²) in [7, 11) is 1.69. The van der Waals surface area contributed by atoms with Crippen LogP contribution in [-0.2, 0) is 10.2 Å². The van der Waals surface area contributed by atoms with E-state index in [1.165, 1.54) is 10.9 Å². The number of hydrazine groups is 1. The van der Waals surface area contributed by atoms with Crippen LogP contribution in [0.2, 0.25) is 0 Å². The van der Waals surface area contributed by atoms with E-state index in [2.05, 4.69) is 48.1 Å². The number of carbonyl (C=O) groups excluding carboxylic acids is 1. The topological polar surface area (TPSA) is 41.1 Å². The second kappa shape index (κ2) is 5.02. The van der Waals surface area contributed by atoms with Crippen LogP contribution in [0.5, 0.6) is 0 Å². The second-order valence-electron chi connectivity index (χ2n) is 5.39. The molecule has 100 valence electrons. The van der Waals surface area contributed by atoms with Crippen LogP contribution in [-0.4, -0.2) is 13.0 Å². The van der Waals surface area contributed by atoms with E-state index in [-0.39, 0.29) is 5.91 Å². The summed E-state index contributed by atoms with van der Waals surface area (Å²) in [4.78, 5) is 12.1. The average molecular weight is 256 g/mol. The fourth-order valence-corrected chi connectivity index (χ4v) is 2.15. The number of benzene rings is 2. The van der Waals surface area contributed by atoms with E-state index in [0.717, 1.165) is 10.9 Å². The monoisotopic (exact) mass is 256 g/mol. The second-order valence-corrected chi connectivity index (χ2v) is 5.39. The van der Waals surface area contributed by atoms with Gasteiger partial charge in [0.2, 0.25) is 5.91 Å². The number of amides is 1. The van der Waals surface area contributed by atoms with Crippen LogP contribution >= 0.6 is 0 Å². The van der Waals surface area contributed by atoms with Gasteiger partial charge in [-0.3, -0.25) is 10.2 Å². The molecule has 19 heavy (non-hydrogen) atoms. The highest BCUT2D eigenvalue weighted by Crippen LogP contribution is 2.27. The van der Waals surface area contributed by atoms with Crippen molar-refractivity contribution in [1.29, 1.82) is 0 Å². The van der Waals surface area contributed by atoms with Crippen molar-refractivity contribution < 1.29 is 4.79 Å². The van der Waals surface area contributed by atoms with Gasteiger partial charge < -0.3 is 0 Å². The molecule has 0 aliphatic carbocycles. The van der Waals surface area contributed by atoms with E-state index in [0.29, 0.717) is 0 Å². The standard InChI is InChI=1S/C16H20N2O/c1-11-5-6-13-10-14(8-7-12(13)9-11)16(2,3)15(19)18-17-4/h5-10,17H,1-4H3,(H,18,19). The third-order valence-electron chi connectivity index (χ3n) is 3.52. The van der Waals surface area contributed by atoms with Crippen LogP contribution in [0.25, 0.3) is 10.8 Å². The van der Waals surface area contributed by atoms with E-state index in [1.807, 2.05) is 19.9 Å². The Kier molecular flexibility index (Phi) is 3.58. The lowest BCUT2D eigenvalue weighted by Gasteiger charge is -2.24. The maximum Gasteiger partial charge on any atom is 0.244 e. The Bertz CT molecular complexity index is 617. The molecule has 0 heterocycles. The van der Waals surface area contributed by atoms with Gasteiger partial charge in [0.05, 0.1) is 5.41 Å². The van der Waals surface area contributed by atoms with Gasteiger partial charge in [0.1, 0.15) is 0 Å². The number of hydrogen-bond donors (Lipinski definition) is 2. The number of aryl methyl sites for hydroxylation is 1. The Balaban J connectivity index is 2.45. The molecule has 0 saturated heterocycles. The zero-order valence-corrected chi connectivity index (χ0v) is 11.9. The van der Waals surface area contributed by atoms with Crippen LogP contribution in [0.1, 0.15) is 25.0 Å². The van der Waals surface area contributed by atoms with E-state index >= 15 is 0 Å². The highest BCUT2D eigenvalue weighted by Gasteiger charge is 2.29. The summed E-state index contributed by atoms with van der Waals surface area (Å²) in [5.74, 6) is -0.0403. The molecular weight excluding hydrogens is 236 g/mol. The van der Waals surface area contributed by atoms with Crippen molar-refractivity contribution in [1.82, 2.24) is 10.9 Å². The number of fused-ring (bicyclic) bond motifs is 1. The zero-order valence-electron chi connectivity index (χ0n) is 11.9. The van der Waals surface area contributed by atoms with E-state index in [9.17, 15) is 4.79 Å². The largest absolute Gasteiger partial charge is 0.291 e. The molecule has 0 aliphatic rings. The van der Waals surface area contributed by atoms with E-state index in [1.54, 1.807) is 7.05 Å². The summed E-state index contributed by atoms with van der Waals surface area (Å²) >= 11 is 0. The molecule has 2 aromatic carbocycles. The Hall–Kier alpha value is -1.87. The minimum atomic E-state index is -0.567. The molecule has 0 spiro atoms. The lowest BCUT2D eigenvalue weighted by molar-refractivity contribution is -0.126. The first-order chi connectivity index (χ1) is 8.95. The maximum atomic E-state index is 12.1. The maximum absolute atomic E-state index is 12.1. The molecule has 0 fully saturated rings. The van der Waals surface area contributed by atoms with E-state index < -0.39 is 5.41 Å². The molecule has 2 aromatic rings. The van der Waals surface area contributed by atoms with Crippen molar-refractivity contribution in [2.75, 3.05) is 7.05 Å². The minimum absolute atomic E-state index is 0.0403. The van der Waals surface area contributed by atoms with Gasteiger partial charge in [-0.25, -0.2) is 5.43 Å². The number of rotatable bonds is 3. The van der Waals surface area contributed by atoms with Gasteiger partial charge in [0.25, 0.3) is 0 Å². The molecule has 0 radical (unpaired) electrons. The molecule has 3 nitrogen and oxygen atoms in total. The highest BCUT2D eigenvalue weighted by atomic mass is 16.2. The predicted molar refractivity (Wildman–Crippen MR) is 78.9 cm³/mol. The molecule has 0 saturated carbocycles. The van der Waals surface area contributed by atoms with Crippen LogP contribution < -0.4 is 10.9 Å². The molecule has 0 atom stereocenters. The zero-order chi connectivity index (χ0) is 14.0. The van der Waals surface area contributed by atoms with Crippen molar-refractivity contribution >= 4 is 16.7 Å². The van der Waals surface area contributed by atoms with Gasteiger partial charge in [0.15, 0.2) is 0 Å². The number of nitrogens with one attached hydrogen (secondary N) is 2. The van der Waals surface area contributed by atoms with Gasteiger partial charge >= 0.3 is 0 Å². The summed E-state index contributed by atoms with van der Waals surface area (Å²) in [6.07, 6.45) is 0. The molecule has 0 aromatic heterocycles. The summed E-state index contributed by atoms with van der Waals surface area (Å²) in [6, 6.07) is 12.5.